The number of carbonyl (C=O) groups excluding carboxylic acids is 1. The van der Waals surface area contributed by atoms with Crippen molar-refractivity contribution in [3.8, 4) is 0 Å². The van der Waals surface area contributed by atoms with E-state index in [2.05, 4.69) is 32.6 Å². The van der Waals surface area contributed by atoms with Crippen molar-refractivity contribution < 1.29 is 18.0 Å². The summed E-state index contributed by atoms with van der Waals surface area (Å²) < 4.78 is 41.3. The predicted molar refractivity (Wildman–Crippen MR) is 105 cm³/mol. The van der Waals surface area contributed by atoms with Gasteiger partial charge < -0.3 is 9.80 Å². The summed E-state index contributed by atoms with van der Waals surface area (Å²) in [6, 6.07) is 8.17. The van der Waals surface area contributed by atoms with E-state index in [0.717, 1.165) is 13.9 Å². The number of piperazine rings is 1. The highest BCUT2D eigenvalue weighted by Gasteiger charge is 2.37. The van der Waals surface area contributed by atoms with Crippen molar-refractivity contribution >= 4 is 34.2 Å². The third kappa shape index (κ3) is 4.39. The fourth-order valence-corrected chi connectivity index (χ4v) is 3.51. The van der Waals surface area contributed by atoms with Gasteiger partial charge in [-0.1, -0.05) is 0 Å². The van der Waals surface area contributed by atoms with Crippen molar-refractivity contribution in [2.45, 2.75) is 26.6 Å². The van der Waals surface area contributed by atoms with Crippen molar-refractivity contribution in [2.75, 3.05) is 31.1 Å². The highest BCUT2D eigenvalue weighted by Crippen LogP contribution is 2.31. The van der Waals surface area contributed by atoms with Crippen LogP contribution in [-0.4, -0.2) is 46.8 Å². The molecule has 0 N–H and O–H groups in total. The Morgan fingerprint density at radius 3 is 2.22 bits per heavy atom. The minimum absolute atomic E-state index is 0.0684. The third-order valence-electron chi connectivity index (χ3n) is 4.88. The first-order chi connectivity index (χ1) is 12.7. The molecule has 5 nitrogen and oxygen atoms in total. The Morgan fingerprint density at radius 1 is 1.11 bits per heavy atom. The summed E-state index contributed by atoms with van der Waals surface area (Å²) in [6.45, 7) is 5.22. The van der Waals surface area contributed by atoms with Crippen LogP contribution in [0.2, 0.25) is 0 Å². The zero-order valence-corrected chi connectivity index (χ0v) is 17.2. The van der Waals surface area contributed by atoms with Gasteiger partial charge in [0.25, 0.3) is 0 Å². The SMILES string of the molecule is Cc1c(C(F)(F)F)nn(CC(=O)N2CCN(c3ccc(I)cc3)CC2)c1C. The van der Waals surface area contributed by atoms with Gasteiger partial charge in [-0.2, -0.15) is 18.3 Å². The van der Waals surface area contributed by atoms with Gasteiger partial charge in [-0.05, 0) is 60.7 Å². The Balaban J connectivity index is 1.63. The lowest BCUT2D eigenvalue weighted by atomic mass is 10.2. The average Bonchev–Trinajstić information content (AvgIpc) is 2.91. The van der Waals surface area contributed by atoms with Gasteiger partial charge in [0, 0.05) is 46.7 Å². The average molecular weight is 492 g/mol. The van der Waals surface area contributed by atoms with E-state index in [1.807, 2.05) is 24.3 Å². The molecular formula is C18H20F3IN4O. The van der Waals surface area contributed by atoms with Crippen molar-refractivity contribution in [1.29, 1.82) is 0 Å². The molecule has 0 spiro atoms. The summed E-state index contributed by atoms with van der Waals surface area (Å²) in [7, 11) is 0. The highest BCUT2D eigenvalue weighted by atomic mass is 127. The van der Waals surface area contributed by atoms with Gasteiger partial charge in [0.2, 0.25) is 5.91 Å². The maximum atomic E-state index is 13.0. The Kier molecular flexibility index (Phi) is 5.68. The van der Waals surface area contributed by atoms with Crippen LogP contribution < -0.4 is 4.90 Å². The van der Waals surface area contributed by atoms with E-state index < -0.39 is 11.9 Å². The molecule has 0 saturated carbocycles. The quantitative estimate of drug-likeness (QED) is 0.617. The first kappa shape index (κ1) is 20.0. The summed E-state index contributed by atoms with van der Waals surface area (Å²) >= 11 is 2.25. The molecule has 0 aliphatic carbocycles. The van der Waals surface area contributed by atoms with E-state index in [1.54, 1.807) is 11.8 Å². The van der Waals surface area contributed by atoms with E-state index in [1.165, 1.54) is 6.92 Å². The number of alkyl halides is 3. The van der Waals surface area contributed by atoms with E-state index in [-0.39, 0.29) is 18.0 Å². The van der Waals surface area contributed by atoms with Gasteiger partial charge in [-0.15, -0.1) is 0 Å². The zero-order chi connectivity index (χ0) is 19.8. The van der Waals surface area contributed by atoms with Gasteiger partial charge in [0.05, 0.1) is 0 Å². The summed E-state index contributed by atoms with van der Waals surface area (Å²) in [5.41, 5.74) is 0.624. The topological polar surface area (TPSA) is 41.4 Å². The van der Waals surface area contributed by atoms with Crippen LogP contribution in [0.5, 0.6) is 0 Å². The number of halogens is 4. The van der Waals surface area contributed by atoms with Crippen LogP contribution in [-0.2, 0) is 17.5 Å². The van der Waals surface area contributed by atoms with Crippen LogP contribution in [0, 0.1) is 17.4 Å². The van der Waals surface area contributed by atoms with Gasteiger partial charge in [-0.3, -0.25) is 9.48 Å². The number of amides is 1. The summed E-state index contributed by atoms with van der Waals surface area (Å²) in [4.78, 5) is 16.4. The number of benzene rings is 1. The minimum Gasteiger partial charge on any atom is -0.368 e. The summed E-state index contributed by atoms with van der Waals surface area (Å²) in [5.74, 6) is -0.211. The van der Waals surface area contributed by atoms with Crippen LogP contribution in [0.15, 0.2) is 24.3 Å². The lowest BCUT2D eigenvalue weighted by Crippen LogP contribution is -2.49. The molecule has 1 saturated heterocycles. The molecule has 1 aromatic carbocycles. The van der Waals surface area contributed by atoms with Crippen molar-refractivity contribution in [2.24, 2.45) is 0 Å². The second-order valence-electron chi connectivity index (χ2n) is 6.56. The summed E-state index contributed by atoms with van der Waals surface area (Å²) in [6.07, 6.45) is -4.51. The smallest absolute Gasteiger partial charge is 0.368 e. The lowest BCUT2D eigenvalue weighted by molar-refractivity contribution is -0.142. The molecule has 146 valence electrons. The first-order valence-corrected chi connectivity index (χ1v) is 9.64. The molecular weight excluding hydrogens is 472 g/mol. The van der Waals surface area contributed by atoms with Crippen molar-refractivity contribution in [3.63, 3.8) is 0 Å². The predicted octanol–water partition coefficient (Wildman–Crippen LogP) is 3.47. The molecule has 0 atom stereocenters. The number of hydrogen-bond donors (Lipinski definition) is 0. The van der Waals surface area contributed by atoms with Gasteiger partial charge in [0.15, 0.2) is 5.69 Å². The number of nitrogens with zero attached hydrogens (tertiary/aromatic N) is 4. The van der Waals surface area contributed by atoms with E-state index >= 15 is 0 Å². The summed E-state index contributed by atoms with van der Waals surface area (Å²) in [5, 5.41) is 3.62. The second kappa shape index (κ2) is 7.69. The molecule has 0 bridgehead atoms. The van der Waals surface area contributed by atoms with Crippen LogP contribution in [0.3, 0.4) is 0 Å². The van der Waals surface area contributed by atoms with Crippen LogP contribution in [0.25, 0.3) is 0 Å². The number of anilines is 1. The Bertz CT molecular complexity index is 824. The Hall–Kier alpha value is -1.78. The Morgan fingerprint density at radius 2 is 1.70 bits per heavy atom. The molecule has 0 radical (unpaired) electrons. The van der Waals surface area contributed by atoms with E-state index in [9.17, 15) is 18.0 Å². The van der Waals surface area contributed by atoms with Crippen LogP contribution >= 0.6 is 22.6 Å². The lowest BCUT2D eigenvalue weighted by Gasteiger charge is -2.36. The molecule has 3 rings (SSSR count). The largest absolute Gasteiger partial charge is 0.435 e. The number of aromatic nitrogens is 2. The number of rotatable bonds is 3. The fraction of sp³-hybridized carbons (Fsp3) is 0.444. The molecule has 1 aromatic heterocycles. The fourth-order valence-electron chi connectivity index (χ4n) is 3.15. The van der Waals surface area contributed by atoms with Gasteiger partial charge in [-0.25, -0.2) is 0 Å². The molecule has 1 fully saturated rings. The maximum absolute atomic E-state index is 13.0. The van der Waals surface area contributed by atoms with Gasteiger partial charge >= 0.3 is 6.18 Å². The first-order valence-electron chi connectivity index (χ1n) is 8.56. The molecule has 1 amide bonds. The minimum atomic E-state index is -4.51. The van der Waals surface area contributed by atoms with Crippen molar-refractivity contribution in [1.82, 2.24) is 14.7 Å². The monoisotopic (exact) mass is 492 g/mol. The maximum Gasteiger partial charge on any atom is 0.435 e. The number of carbonyl (C=O) groups is 1. The van der Waals surface area contributed by atoms with Crippen molar-refractivity contribution in [3.05, 3.63) is 44.8 Å². The molecule has 27 heavy (non-hydrogen) atoms. The standard InChI is InChI=1S/C18H20F3IN4O/c1-12-13(2)26(23-17(12)18(19,20)21)11-16(27)25-9-7-24(8-10-25)15-5-3-14(22)4-6-15/h3-6H,7-11H2,1-2H3. The zero-order valence-electron chi connectivity index (χ0n) is 15.1. The molecule has 1 aliphatic rings. The second-order valence-corrected chi connectivity index (χ2v) is 7.80. The molecule has 9 heteroatoms. The molecule has 1 aliphatic heterocycles. The highest BCUT2D eigenvalue weighted by molar-refractivity contribution is 14.1. The normalized spacial score (nSPS) is 15.3. The van der Waals surface area contributed by atoms with Gasteiger partial charge in [0.1, 0.15) is 6.54 Å². The Labute approximate surface area is 169 Å². The van der Waals surface area contributed by atoms with E-state index in [4.69, 9.17) is 0 Å². The van der Waals surface area contributed by atoms with E-state index in [0.29, 0.717) is 31.9 Å². The van der Waals surface area contributed by atoms with Crippen LogP contribution in [0.1, 0.15) is 17.0 Å². The number of hydrogen-bond acceptors (Lipinski definition) is 3. The third-order valence-corrected chi connectivity index (χ3v) is 5.60. The molecule has 2 aromatic rings. The molecule has 0 unspecified atom stereocenters. The molecule has 2 heterocycles. The van der Waals surface area contributed by atoms with Crippen LogP contribution in [0.4, 0.5) is 18.9 Å².